The maximum absolute atomic E-state index is 3.45. The maximum atomic E-state index is 3.45. The van der Waals surface area contributed by atoms with Crippen LogP contribution in [0.4, 0.5) is 0 Å². The molecule has 1 unspecified atom stereocenters. The fraction of sp³-hybridized carbons (Fsp3) is 0.571. The van der Waals surface area contributed by atoms with Gasteiger partial charge in [0.25, 0.3) is 0 Å². The van der Waals surface area contributed by atoms with E-state index in [1.807, 2.05) is 0 Å². The number of hydrogen-bond acceptors (Lipinski definition) is 1. The van der Waals surface area contributed by atoms with Crippen molar-refractivity contribution in [3.8, 4) is 0 Å². The number of nitrogens with one attached hydrogen (secondary N) is 1. The van der Waals surface area contributed by atoms with Gasteiger partial charge in [0.1, 0.15) is 0 Å². The van der Waals surface area contributed by atoms with E-state index in [1.54, 1.807) is 11.1 Å². The highest BCUT2D eigenvalue weighted by atomic mass is 14.9. The molecule has 0 heterocycles. The normalized spacial score (nSPS) is 26.4. The molecule has 1 N–H and O–H groups in total. The lowest BCUT2D eigenvalue weighted by molar-refractivity contribution is 0.434. The van der Waals surface area contributed by atoms with Gasteiger partial charge < -0.3 is 5.32 Å². The van der Waals surface area contributed by atoms with Crippen molar-refractivity contribution in [2.45, 2.75) is 44.1 Å². The first kappa shape index (κ1) is 9.41. The monoisotopic (exact) mass is 201 g/mol. The van der Waals surface area contributed by atoms with Crippen LogP contribution in [0.5, 0.6) is 0 Å². The number of benzene rings is 1. The van der Waals surface area contributed by atoms with E-state index in [9.17, 15) is 0 Å². The summed E-state index contributed by atoms with van der Waals surface area (Å²) in [6.07, 6.45) is 5.53. The molecule has 1 aromatic carbocycles. The summed E-state index contributed by atoms with van der Waals surface area (Å²) in [5.41, 5.74) is 5.20. The first-order chi connectivity index (χ1) is 7.25. The molecule has 1 aromatic rings. The Balaban J connectivity index is 2.12. The number of hydrogen-bond donors (Lipinski definition) is 1. The molecule has 0 bridgehead atoms. The molecule has 3 rings (SSSR count). The van der Waals surface area contributed by atoms with Gasteiger partial charge in [0.05, 0.1) is 0 Å². The number of aryl methyl sites for hydroxylation is 1. The van der Waals surface area contributed by atoms with E-state index in [2.05, 4.69) is 37.5 Å². The van der Waals surface area contributed by atoms with Crippen molar-refractivity contribution >= 4 is 0 Å². The zero-order valence-electron chi connectivity index (χ0n) is 9.64. The molecule has 0 radical (unpaired) electrons. The van der Waals surface area contributed by atoms with Gasteiger partial charge in [-0.3, -0.25) is 0 Å². The van der Waals surface area contributed by atoms with Crippen LogP contribution in [0.3, 0.4) is 0 Å². The molecule has 2 aliphatic rings. The Bertz CT molecular complexity index is 390. The highest BCUT2D eigenvalue weighted by Crippen LogP contribution is 2.57. The number of rotatable bonds is 1. The summed E-state index contributed by atoms with van der Waals surface area (Å²) in [7, 11) is 2.08. The zero-order valence-corrected chi connectivity index (χ0v) is 9.64. The summed E-state index contributed by atoms with van der Waals surface area (Å²) in [5, 5.41) is 3.45. The van der Waals surface area contributed by atoms with Gasteiger partial charge in [-0.1, -0.05) is 23.8 Å². The SMILES string of the molecule is CNC1CCC2(CC2)c2ccc(C)cc21. The van der Waals surface area contributed by atoms with Gasteiger partial charge in [-0.2, -0.15) is 0 Å². The van der Waals surface area contributed by atoms with E-state index < -0.39 is 0 Å². The summed E-state index contributed by atoms with van der Waals surface area (Å²) in [6, 6.07) is 7.62. The first-order valence-electron chi connectivity index (χ1n) is 6.03. The van der Waals surface area contributed by atoms with Crippen LogP contribution in [0.25, 0.3) is 0 Å². The summed E-state index contributed by atoms with van der Waals surface area (Å²) >= 11 is 0. The lowest BCUT2D eigenvalue weighted by Gasteiger charge is -2.32. The van der Waals surface area contributed by atoms with Crippen LogP contribution in [-0.4, -0.2) is 7.05 Å². The highest BCUT2D eigenvalue weighted by Gasteiger charge is 2.48. The van der Waals surface area contributed by atoms with Crippen molar-refractivity contribution in [3.05, 3.63) is 34.9 Å². The van der Waals surface area contributed by atoms with Gasteiger partial charge in [0, 0.05) is 6.04 Å². The average Bonchev–Trinajstić information content (AvgIpc) is 2.99. The number of fused-ring (bicyclic) bond motifs is 2. The standard InChI is InChI=1S/C14H19N/c1-10-3-4-12-11(9-10)13(15-2)5-6-14(12)7-8-14/h3-4,9,13,15H,5-8H2,1-2H3. The van der Waals surface area contributed by atoms with E-state index in [4.69, 9.17) is 0 Å². The van der Waals surface area contributed by atoms with Gasteiger partial charge in [0.2, 0.25) is 0 Å². The molecule has 0 aromatic heterocycles. The van der Waals surface area contributed by atoms with Crippen LogP contribution in [0.15, 0.2) is 18.2 Å². The van der Waals surface area contributed by atoms with Crippen molar-refractivity contribution in [3.63, 3.8) is 0 Å². The average molecular weight is 201 g/mol. The first-order valence-corrected chi connectivity index (χ1v) is 6.03. The Labute approximate surface area is 91.9 Å². The van der Waals surface area contributed by atoms with E-state index in [0.717, 1.165) is 0 Å². The summed E-state index contributed by atoms with van der Waals surface area (Å²) in [4.78, 5) is 0. The molecule has 2 aliphatic carbocycles. The molecule has 1 saturated carbocycles. The van der Waals surface area contributed by atoms with Crippen LogP contribution < -0.4 is 5.32 Å². The second-order valence-electron chi connectivity index (χ2n) is 5.25. The van der Waals surface area contributed by atoms with Gasteiger partial charge in [0.15, 0.2) is 0 Å². The minimum absolute atomic E-state index is 0.589. The quantitative estimate of drug-likeness (QED) is 0.736. The van der Waals surface area contributed by atoms with Gasteiger partial charge in [-0.05, 0) is 56.2 Å². The lowest BCUT2D eigenvalue weighted by atomic mass is 9.77. The van der Waals surface area contributed by atoms with Gasteiger partial charge in [-0.15, -0.1) is 0 Å². The maximum Gasteiger partial charge on any atom is 0.0320 e. The Morgan fingerprint density at radius 3 is 2.73 bits per heavy atom. The van der Waals surface area contributed by atoms with Crippen LogP contribution >= 0.6 is 0 Å². The third-order valence-electron chi connectivity index (χ3n) is 4.27. The van der Waals surface area contributed by atoms with Crippen molar-refractivity contribution < 1.29 is 0 Å². The molecular weight excluding hydrogens is 182 g/mol. The Hall–Kier alpha value is -0.820. The Morgan fingerprint density at radius 2 is 2.07 bits per heavy atom. The summed E-state index contributed by atoms with van der Waals surface area (Å²) < 4.78 is 0. The molecule has 0 saturated heterocycles. The molecule has 0 amide bonds. The van der Waals surface area contributed by atoms with Crippen molar-refractivity contribution in [2.24, 2.45) is 0 Å². The third kappa shape index (κ3) is 1.33. The fourth-order valence-corrected chi connectivity index (χ4v) is 3.13. The smallest absolute Gasteiger partial charge is 0.0320 e. The second kappa shape index (κ2) is 3.08. The van der Waals surface area contributed by atoms with E-state index in [1.165, 1.54) is 31.2 Å². The zero-order chi connectivity index (χ0) is 10.5. The Morgan fingerprint density at radius 1 is 1.27 bits per heavy atom. The molecule has 1 heteroatoms. The minimum atomic E-state index is 0.589. The Kier molecular flexibility index (Phi) is 1.93. The molecule has 1 atom stereocenters. The summed E-state index contributed by atoms with van der Waals surface area (Å²) in [6.45, 7) is 2.20. The van der Waals surface area contributed by atoms with Crippen LogP contribution in [-0.2, 0) is 5.41 Å². The minimum Gasteiger partial charge on any atom is -0.313 e. The predicted octanol–water partition coefficient (Wildman–Crippen LogP) is 3.08. The van der Waals surface area contributed by atoms with E-state index >= 15 is 0 Å². The molecular formula is C14H19N. The van der Waals surface area contributed by atoms with Crippen molar-refractivity contribution in [1.82, 2.24) is 5.32 Å². The molecule has 80 valence electrons. The van der Waals surface area contributed by atoms with Gasteiger partial charge >= 0.3 is 0 Å². The second-order valence-corrected chi connectivity index (χ2v) is 5.25. The van der Waals surface area contributed by atoms with Crippen LogP contribution in [0.2, 0.25) is 0 Å². The molecule has 1 spiro atoms. The van der Waals surface area contributed by atoms with Crippen LogP contribution in [0, 0.1) is 6.92 Å². The molecule has 0 aliphatic heterocycles. The predicted molar refractivity (Wildman–Crippen MR) is 63.1 cm³/mol. The van der Waals surface area contributed by atoms with E-state index in [0.29, 0.717) is 11.5 Å². The van der Waals surface area contributed by atoms with Crippen molar-refractivity contribution in [2.75, 3.05) is 7.05 Å². The molecule has 15 heavy (non-hydrogen) atoms. The van der Waals surface area contributed by atoms with Crippen molar-refractivity contribution in [1.29, 1.82) is 0 Å². The van der Waals surface area contributed by atoms with Gasteiger partial charge in [-0.25, -0.2) is 0 Å². The third-order valence-corrected chi connectivity index (χ3v) is 4.27. The highest BCUT2D eigenvalue weighted by molar-refractivity contribution is 5.44. The van der Waals surface area contributed by atoms with E-state index in [-0.39, 0.29) is 0 Å². The summed E-state index contributed by atoms with van der Waals surface area (Å²) in [5.74, 6) is 0. The topological polar surface area (TPSA) is 12.0 Å². The lowest BCUT2D eigenvalue weighted by Crippen LogP contribution is -2.27. The van der Waals surface area contributed by atoms with Crippen LogP contribution in [0.1, 0.15) is 48.4 Å². The fourth-order valence-electron chi connectivity index (χ4n) is 3.13. The molecule has 1 fully saturated rings. The largest absolute Gasteiger partial charge is 0.313 e. The molecule has 1 nitrogen and oxygen atoms in total.